The van der Waals surface area contributed by atoms with Crippen LogP contribution in [0.3, 0.4) is 0 Å². The summed E-state index contributed by atoms with van der Waals surface area (Å²) in [5.41, 5.74) is 2.40. The topological polar surface area (TPSA) is 52.0 Å². The summed E-state index contributed by atoms with van der Waals surface area (Å²) < 4.78 is 20.6. The first-order valence-electron chi connectivity index (χ1n) is 6.18. The molecule has 0 aliphatic carbocycles. The van der Waals surface area contributed by atoms with Gasteiger partial charge in [-0.3, -0.25) is 0 Å². The third-order valence-electron chi connectivity index (χ3n) is 2.82. The van der Waals surface area contributed by atoms with Crippen LogP contribution in [0.4, 0.5) is 4.39 Å². The first-order chi connectivity index (χ1) is 9.61. The van der Waals surface area contributed by atoms with Gasteiger partial charge in [0, 0.05) is 26.3 Å². The van der Waals surface area contributed by atoms with Gasteiger partial charge >= 0.3 is 0 Å². The largest absolute Gasteiger partial charge is 0.383 e. The molecule has 0 atom stereocenters. The molecule has 0 aliphatic heterocycles. The number of rotatable bonds is 6. The summed E-state index contributed by atoms with van der Waals surface area (Å²) in [5.74, 6) is -0.319. The first-order valence-corrected chi connectivity index (χ1v) is 6.98. The Morgan fingerprint density at radius 1 is 1.45 bits per heavy atom. The van der Waals surface area contributed by atoms with E-state index >= 15 is 0 Å². The number of halogens is 2. The van der Waals surface area contributed by atoms with Gasteiger partial charge in [-0.05, 0) is 34.5 Å². The summed E-state index contributed by atoms with van der Waals surface area (Å²) >= 11 is 3.16. The summed E-state index contributed by atoms with van der Waals surface area (Å²) in [4.78, 5) is 0. The van der Waals surface area contributed by atoms with E-state index in [0.29, 0.717) is 23.3 Å². The zero-order valence-corrected chi connectivity index (χ0v) is 12.9. The number of aryl methyl sites for hydroxylation is 1. The smallest absolute Gasteiger partial charge is 0.139 e. The van der Waals surface area contributed by atoms with E-state index in [-0.39, 0.29) is 5.82 Å². The Bertz CT molecular complexity index is 588. The number of benzene rings is 1. The van der Waals surface area contributed by atoms with Gasteiger partial charge in [-0.1, -0.05) is 5.21 Å². The van der Waals surface area contributed by atoms with Crippen molar-refractivity contribution in [3.05, 3.63) is 39.9 Å². The second kappa shape index (κ2) is 6.92. The van der Waals surface area contributed by atoms with E-state index in [1.165, 1.54) is 6.07 Å². The molecule has 0 saturated heterocycles. The van der Waals surface area contributed by atoms with Crippen molar-refractivity contribution in [2.45, 2.75) is 13.5 Å². The Kier molecular flexibility index (Phi) is 5.22. The highest BCUT2D eigenvalue weighted by atomic mass is 79.9. The third kappa shape index (κ3) is 3.62. The second-order valence-electron chi connectivity index (χ2n) is 4.38. The van der Waals surface area contributed by atoms with Crippen molar-refractivity contribution in [3.63, 3.8) is 0 Å². The van der Waals surface area contributed by atoms with E-state index in [0.717, 1.165) is 17.8 Å². The van der Waals surface area contributed by atoms with Crippen molar-refractivity contribution in [3.8, 4) is 5.69 Å². The average molecular weight is 343 g/mol. The summed E-state index contributed by atoms with van der Waals surface area (Å²) in [5, 5.41) is 11.3. The Balaban J connectivity index is 2.10. The summed E-state index contributed by atoms with van der Waals surface area (Å²) in [6.45, 7) is 3.89. The molecule has 5 nitrogen and oxygen atoms in total. The van der Waals surface area contributed by atoms with Crippen LogP contribution in [0.2, 0.25) is 0 Å². The predicted octanol–water partition coefficient (Wildman–Crippen LogP) is 2.21. The predicted molar refractivity (Wildman–Crippen MR) is 77.3 cm³/mol. The Morgan fingerprint density at radius 2 is 2.25 bits per heavy atom. The number of methoxy groups -OCH3 is 1. The lowest BCUT2D eigenvalue weighted by atomic mass is 10.2. The van der Waals surface area contributed by atoms with Gasteiger partial charge in [0.05, 0.1) is 28.7 Å². The van der Waals surface area contributed by atoms with Crippen LogP contribution in [-0.2, 0) is 11.3 Å². The number of nitrogens with zero attached hydrogens (tertiary/aromatic N) is 3. The number of aromatic nitrogens is 3. The van der Waals surface area contributed by atoms with Gasteiger partial charge in [0.25, 0.3) is 0 Å². The fourth-order valence-corrected chi connectivity index (χ4v) is 2.23. The Hall–Kier alpha value is -1.31. The molecule has 7 heteroatoms. The van der Waals surface area contributed by atoms with Crippen LogP contribution in [0.15, 0.2) is 22.8 Å². The lowest BCUT2D eigenvalue weighted by Crippen LogP contribution is -2.18. The number of ether oxygens (including phenoxy) is 1. The maximum Gasteiger partial charge on any atom is 0.139 e. The molecule has 0 amide bonds. The van der Waals surface area contributed by atoms with Crippen LogP contribution in [-0.4, -0.2) is 35.3 Å². The first kappa shape index (κ1) is 15.1. The molecule has 0 spiro atoms. The Morgan fingerprint density at radius 3 is 3.00 bits per heavy atom. The van der Waals surface area contributed by atoms with Crippen molar-refractivity contribution >= 4 is 15.9 Å². The van der Waals surface area contributed by atoms with Crippen LogP contribution in [0.25, 0.3) is 5.69 Å². The number of nitrogens with one attached hydrogen (secondary N) is 1. The van der Waals surface area contributed by atoms with Crippen molar-refractivity contribution in [1.29, 1.82) is 0 Å². The average Bonchev–Trinajstić information content (AvgIpc) is 2.87. The fourth-order valence-electron chi connectivity index (χ4n) is 1.77. The van der Waals surface area contributed by atoms with Gasteiger partial charge in [0.15, 0.2) is 0 Å². The molecular weight excluding hydrogens is 327 g/mol. The fraction of sp³-hybridized carbons (Fsp3) is 0.385. The van der Waals surface area contributed by atoms with E-state index in [4.69, 9.17) is 4.74 Å². The van der Waals surface area contributed by atoms with Gasteiger partial charge in [-0.15, -0.1) is 5.10 Å². The van der Waals surface area contributed by atoms with Gasteiger partial charge in [0.1, 0.15) is 5.82 Å². The van der Waals surface area contributed by atoms with Gasteiger partial charge in [0.2, 0.25) is 0 Å². The lowest BCUT2D eigenvalue weighted by molar-refractivity contribution is 0.199. The minimum absolute atomic E-state index is 0.319. The highest BCUT2D eigenvalue weighted by Gasteiger charge is 2.09. The van der Waals surface area contributed by atoms with Gasteiger partial charge in [-0.2, -0.15) is 0 Å². The van der Waals surface area contributed by atoms with E-state index in [2.05, 4.69) is 31.6 Å². The summed E-state index contributed by atoms with van der Waals surface area (Å²) in [6, 6.07) is 3.17. The summed E-state index contributed by atoms with van der Waals surface area (Å²) in [7, 11) is 1.66. The zero-order valence-electron chi connectivity index (χ0n) is 11.4. The molecule has 2 aromatic rings. The molecule has 2 rings (SSSR count). The van der Waals surface area contributed by atoms with E-state index in [1.807, 2.05) is 6.92 Å². The van der Waals surface area contributed by atoms with Crippen LogP contribution in [0.5, 0.6) is 0 Å². The van der Waals surface area contributed by atoms with Crippen LogP contribution in [0, 0.1) is 12.7 Å². The highest BCUT2D eigenvalue weighted by molar-refractivity contribution is 9.10. The van der Waals surface area contributed by atoms with E-state index < -0.39 is 0 Å². The molecule has 0 unspecified atom stereocenters. The maximum absolute atomic E-state index is 13.6. The normalized spacial score (nSPS) is 11.0. The molecule has 1 aromatic carbocycles. The number of hydrogen-bond acceptors (Lipinski definition) is 4. The Labute approximate surface area is 125 Å². The molecule has 1 heterocycles. The molecule has 1 aromatic heterocycles. The van der Waals surface area contributed by atoms with Crippen LogP contribution in [0.1, 0.15) is 11.3 Å². The van der Waals surface area contributed by atoms with Crippen molar-refractivity contribution < 1.29 is 9.13 Å². The highest BCUT2D eigenvalue weighted by Crippen LogP contribution is 2.22. The van der Waals surface area contributed by atoms with E-state index in [1.54, 1.807) is 24.1 Å². The zero-order chi connectivity index (χ0) is 14.5. The molecule has 0 radical (unpaired) electrons. The monoisotopic (exact) mass is 342 g/mol. The minimum atomic E-state index is -0.319. The van der Waals surface area contributed by atoms with Crippen LogP contribution < -0.4 is 5.32 Å². The van der Waals surface area contributed by atoms with E-state index in [9.17, 15) is 4.39 Å². The van der Waals surface area contributed by atoms with Gasteiger partial charge < -0.3 is 10.1 Å². The quantitative estimate of drug-likeness (QED) is 0.818. The maximum atomic E-state index is 13.6. The molecule has 0 saturated carbocycles. The molecular formula is C13H16BrFN4O. The summed E-state index contributed by atoms with van der Waals surface area (Å²) in [6.07, 6.45) is 1.79. The SMILES string of the molecule is COCCNCc1cn(-c2cc(F)c(Br)cc2C)nn1. The molecule has 20 heavy (non-hydrogen) atoms. The molecule has 1 N–H and O–H groups in total. The molecule has 108 valence electrons. The standard InChI is InChI=1S/C13H16BrFN4O/c1-9-5-11(14)12(15)6-13(9)19-8-10(17-18-19)7-16-3-4-20-2/h5-6,8,16H,3-4,7H2,1-2H3. The molecule has 0 aliphatic rings. The van der Waals surface area contributed by atoms with Crippen LogP contribution >= 0.6 is 15.9 Å². The minimum Gasteiger partial charge on any atom is -0.383 e. The van der Waals surface area contributed by atoms with Crippen molar-refractivity contribution in [2.24, 2.45) is 0 Å². The van der Waals surface area contributed by atoms with Gasteiger partial charge in [-0.25, -0.2) is 9.07 Å². The second-order valence-corrected chi connectivity index (χ2v) is 5.23. The number of hydrogen-bond donors (Lipinski definition) is 1. The van der Waals surface area contributed by atoms with Crippen molar-refractivity contribution in [2.75, 3.05) is 20.3 Å². The molecule has 0 fully saturated rings. The van der Waals surface area contributed by atoms with Crippen molar-refractivity contribution in [1.82, 2.24) is 20.3 Å². The third-order valence-corrected chi connectivity index (χ3v) is 3.42. The lowest BCUT2D eigenvalue weighted by Gasteiger charge is -2.06. The molecule has 0 bridgehead atoms.